The van der Waals surface area contributed by atoms with Gasteiger partial charge in [0, 0.05) is 30.7 Å². The fraction of sp³-hybridized carbons (Fsp3) is 0.368. The normalized spacial score (nSPS) is 20.1. The molecule has 140 valence electrons. The third-order valence-corrected chi connectivity index (χ3v) is 4.78. The third kappa shape index (κ3) is 3.61. The van der Waals surface area contributed by atoms with Crippen LogP contribution in [0.5, 0.6) is 0 Å². The van der Waals surface area contributed by atoms with Crippen molar-refractivity contribution in [3.63, 3.8) is 0 Å². The van der Waals surface area contributed by atoms with Gasteiger partial charge in [-0.25, -0.2) is 0 Å². The van der Waals surface area contributed by atoms with E-state index in [2.05, 4.69) is 20.7 Å². The van der Waals surface area contributed by atoms with Gasteiger partial charge >= 0.3 is 0 Å². The lowest BCUT2D eigenvalue weighted by Gasteiger charge is -2.33. The minimum atomic E-state index is -0.271. The highest BCUT2D eigenvalue weighted by Gasteiger charge is 2.36. The summed E-state index contributed by atoms with van der Waals surface area (Å²) in [5, 5.41) is 15.0. The van der Waals surface area contributed by atoms with Gasteiger partial charge in [-0.2, -0.15) is 0 Å². The molecule has 2 heterocycles. The second-order valence-electron chi connectivity index (χ2n) is 6.64. The summed E-state index contributed by atoms with van der Waals surface area (Å²) in [5.41, 5.74) is 1.54. The molecule has 1 aromatic carbocycles. The first kappa shape index (κ1) is 17.4. The Hall–Kier alpha value is -3.00. The lowest BCUT2D eigenvalue weighted by atomic mass is 9.80. The smallest absolute Gasteiger partial charge is 0.290 e. The van der Waals surface area contributed by atoms with E-state index < -0.39 is 0 Å². The Kier molecular flexibility index (Phi) is 4.72. The van der Waals surface area contributed by atoms with Crippen molar-refractivity contribution in [3.05, 3.63) is 53.9 Å². The second kappa shape index (κ2) is 7.32. The highest BCUT2D eigenvalue weighted by atomic mass is 16.5. The zero-order valence-electron chi connectivity index (χ0n) is 15.1. The second-order valence-corrected chi connectivity index (χ2v) is 6.64. The molecule has 0 saturated heterocycles. The van der Waals surface area contributed by atoms with Crippen molar-refractivity contribution in [2.24, 2.45) is 0 Å². The molecule has 1 atom stereocenters. The first-order valence-electron chi connectivity index (χ1n) is 8.83. The molecule has 8 heteroatoms. The van der Waals surface area contributed by atoms with E-state index in [1.807, 2.05) is 37.3 Å². The minimum Gasteiger partial charge on any atom is -0.422 e. The molecule has 0 spiro atoms. The molecule has 27 heavy (non-hydrogen) atoms. The van der Waals surface area contributed by atoms with E-state index in [-0.39, 0.29) is 29.7 Å². The predicted octanol–water partition coefficient (Wildman–Crippen LogP) is 3.11. The zero-order chi connectivity index (χ0) is 18.8. The maximum Gasteiger partial charge on any atom is 0.290 e. The van der Waals surface area contributed by atoms with E-state index in [0.29, 0.717) is 17.5 Å². The quantitative estimate of drug-likeness (QED) is 0.713. The Morgan fingerprint density at radius 2 is 2.04 bits per heavy atom. The maximum atomic E-state index is 12.4. The average molecular weight is 368 g/mol. The topological polar surface area (TPSA) is 103 Å². The van der Waals surface area contributed by atoms with E-state index in [0.717, 1.165) is 18.4 Å². The van der Waals surface area contributed by atoms with Crippen molar-refractivity contribution in [3.8, 4) is 11.3 Å². The molecule has 1 fully saturated rings. The van der Waals surface area contributed by atoms with Gasteiger partial charge < -0.3 is 19.0 Å². The number of hydrogen-bond donors (Lipinski definition) is 1. The average Bonchev–Trinajstić information content (AvgIpc) is 3.34. The lowest BCUT2D eigenvalue weighted by molar-refractivity contribution is 0.0851. The summed E-state index contributed by atoms with van der Waals surface area (Å²) in [7, 11) is 1.59. The molecule has 4 rings (SSSR count). The summed E-state index contributed by atoms with van der Waals surface area (Å²) in [6, 6.07) is 11.3. The van der Waals surface area contributed by atoms with Crippen molar-refractivity contribution < 1.29 is 18.5 Å². The number of hydrogen-bond acceptors (Lipinski definition) is 7. The number of ether oxygens (including phenoxy) is 1. The molecule has 0 aliphatic heterocycles. The molecule has 0 unspecified atom stereocenters. The molecule has 1 aliphatic rings. The van der Waals surface area contributed by atoms with Gasteiger partial charge in [0.2, 0.25) is 17.5 Å². The van der Waals surface area contributed by atoms with E-state index in [9.17, 15) is 4.79 Å². The molecule has 1 amide bonds. The SMILES string of the molecule is CO[C@@H](C)c1nnc([C@H]2C[C@H](NC(=O)c3cc(-c4ccccc4)no3)C2)o1. The summed E-state index contributed by atoms with van der Waals surface area (Å²) in [4.78, 5) is 12.4. The van der Waals surface area contributed by atoms with Crippen LogP contribution in [0.1, 0.15) is 54.1 Å². The van der Waals surface area contributed by atoms with Gasteiger partial charge in [-0.1, -0.05) is 35.5 Å². The Balaban J connectivity index is 1.32. The van der Waals surface area contributed by atoms with Crippen LogP contribution in [0.25, 0.3) is 11.3 Å². The molecular weight excluding hydrogens is 348 g/mol. The van der Waals surface area contributed by atoms with E-state index in [1.54, 1.807) is 13.2 Å². The molecule has 0 radical (unpaired) electrons. The van der Waals surface area contributed by atoms with Gasteiger partial charge in [0.05, 0.1) is 0 Å². The summed E-state index contributed by atoms with van der Waals surface area (Å²) >= 11 is 0. The van der Waals surface area contributed by atoms with Crippen LogP contribution < -0.4 is 5.32 Å². The van der Waals surface area contributed by atoms with Gasteiger partial charge in [-0.05, 0) is 19.8 Å². The lowest BCUT2D eigenvalue weighted by Crippen LogP contribution is -2.43. The van der Waals surface area contributed by atoms with Gasteiger partial charge in [0.1, 0.15) is 11.8 Å². The number of benzene rings is 1. The fourth-order valence-corrected chi connectivity index (χ4v) is 3.00. The van der Waals surface area contributed by atoms with Crippen LogP contribution in [-0.4, -0.2) is 34.4 Å². The van der Waals surface area contributed by atoms with Crippen molar-refractivity contribution in [2.45, 2.75) is 37.8 Å². The number of methoxy groups -OCH3 is 1. The van der Waals surface area contributed by atoms with E-state index >= 15 is 0 Å². The Morgan fingerprint density at radius 1 is 1.26 bits per heavy atom. The minimum absolute atomic E-state index is 0.0444. The van der Waals surface area contributed by atoms with Crippen molar-refractivity contribution >= 4 is 5.91 Å². The monoisotopic (exact) mass is 368 g/mol. The highest BCUT2D eigenvalue weighted by Crippen LogP contribution is 2.36. The number of nitrogens with one attached hydrogen (secondary N) is 1. The van der Waals surface area contributed by atoms with Gasteiger partial charge in [0.25, 0.3) is 5.91 Å². The maximum absolute atomic E-state index is 12.4. The predicted molar refractivity (Wildman–Crippen MR) is 94.9 cm³/mol. The van der Waals surface area contributed by atoms with Crippen LogP contribution in [0.2, 0.25) is 0 Å². The van der Waals surface area contributed by atoms with Crippen LogP contribution in [0.15, 0.2) is 45.3 Å². The van der Waals surface area contributed by atoms with Crippen molar-refractivity contribution in [1.82, 2.24) is 20.7 Å². The molecule has 1 aliphatic carbocycles. The van der Waals surface area contributed by atoms with Gasteiger partial charge in [-0.15, -0.1) is 10.2 Å². The number of carbonyl (C=O) groups excluding carboxylic acids is 1. The first-order valence-corrected chi connectivity index (χ1v) is 8.83. The van der Waals surface area contributed by atoms with Crippen LogP contribution in [0, 0.1) is 0 Å². The van der Waals surface area contributed by atoms with Crippen molar-refractivity contribution in [1.29, 1.82) is 0 Å². The molecule has 8 nitrogen and oxygen atoms in total. The number of carbonyl (C=O) groups is 1. The summed E-state index contributed by atoms with van der Waals surface area (Å²) in [6.45, 7) is 1.85. The van der Waals surface area contributed by atoms with Gasteiger partial charge in [0.15, 0.2) is 0 Å². The van der Waals surface area contributed by atoms with Crippen LogP contribution in [0.3, 0.4) is 0 Å². The number of rotatable bonds is 6. The number of amides is 1. The Labute approximate surface area is 155 Å². The van der Waals surface area contributed by atoms with Crippen LogP contribution in [0.4, 0.5) is 0 Å². The largest absolute Gasteiger partial charge is 0.422 e. The van der Waals surface area contributed by atoms with Crippen LogP contribution >= 0.6 is 0 Å². The van der Waals surface area contributed by atoms with Crippen molar-refractivity contribution in [2.75, 3.05) is 7.11 Å². The Bertz CT molecular complexity index is 915. The summed E-state index contributed by atoms with van der Waals surface area (Å²) in [6.07, 6.45) is 1.26. The van der Waals surface area contributed by atoms with E-state index in [4.69, 9.17) is 13.7 Å². The van der Waals surface area contributed by atoms with Gasteiger partial charge in [-0.3, -0.25) is 4.79 Å². The standard InChI is InChI=1S/C19H20N4O4/c1-11(25-2)18-21-22-19(26-18)13-8-14(9-13)20-17(24)16-10-15(23-27-16)12-6-4-3-5-7-12/h3-7,10-11,13-14H,8-9H2,1-2H3,(H,20,24)/t11-,13-,14-/m0/s1. The summed E-state index contributed by atoms with van der Waals surface area (Å²) in [5.74, 6) is 1.13. The zero-order valence-corrected chi connectivity index (χ0v) is 15.1. The highest BCUT2D eigenvalue weighted by molar-refractivity contribution is 5.92. The first-order chi connectivity index (χ1) is 13.1. The number of nitrogens with zero attached hydrogens (tertiary/aromatic N) is 3. The molecular formula is C19H20N4O4. The summed E-state index contributed by atoms with van der Waals surface area (Å²) < 4.78 is 16.0. The molecule has 0 bridgehead atoms. The van der Waals surface area contributed by atoms with Crippen LogP contribution in [-0.2, 0) is 4.74 Å². The fourth-order valence-electron chi connectivity index (χ4n) is 3.00. The molecule has 1 N–H and O–H groups in total. The number of aromatic nitrogens is 3. The molecule has 3 aromatic rings. The third-order valence-electron chi connectivity index (χ3n) is 4.78. The Morgan fingerprint density at radius 3 is 2.78 bits per heavy atom. The van der Waals surface area contributed by atoms with E-state index in [1.165, 1.54) is 0 Å². The molecule has 1 saturated carbocycles. The molecule has 2 aromatic heterocycles.